The summed E-state index contributed by atoms with van der Waals surface area (Å²) in [6, 6.07) is 0. The van der Waals surface area contributed by atoms with Crippen molar-refractivity contribution in [3.63, 3.8) is 0 Å². The molecule has 1 aliphatic rings. The van der Waals surface area contributed by atoms with E-state index in [9.17, 15) is 9.59 Å². The molecule has 1 radical (unpaired) electrons. The molecule has 0 spiro atoms. The van der Waals surface area contributed by atoms with E-state index in [2.05, 4.69) is 17.0 Å². The third-order valence-corrected chi connectivity index (χ3v) is 1.23. The van der Waals surface area contributed by atoms with Gasteiger partial charge in [0.25, 0.3) is 0 Å². The maximum atomic E-state index is 10.8. The molecule has 0 unspecified atom stereocenters. The Labute approximate surface area is 121 Å². The second-order valence-electron chi connectivity index (χ2n) is 2.14. The van der Waals surface area contributed by atoms with Gasteiger partial charge < -0.3 is 9.90 Å². The zero-order valence-electron chi connectivity index (χ0n) is 7.84. The first-order valence-corrected chi connectivity index (χ1v) is 4.14. The molecule has 0 aromatic heterocycles. The van der Waals surface area contributed by atoms with Crippen molar-refractivity contribution in [2.45, 2.75) is 13.3 Å². The van der Waals surface area contributed by atoms with E-state index in [0.717, 1.165) is 5.06 Å². The summed E-state index contributed by atoms with van der Waals surface area (Å²) in [5.41, 5.74) is 0. The van der Waals surface area contributed by atoms with Crippen LogP contribution in [0.1, 0.15) is 13.3 Å². The quantitative estimate of drug-likeness (QED) is 0.530. The summed E-state index contributed by atoms with van der Waals surface area (Å²) in [4.78, 5) is 34.7. The van der Waals surface area contributed by atoms with Crippen molar-refractivity contribution in [3.8, 4) is 0 Å². The Balaban J connectivity index is 0. The number of hydrogen-bond acceptors (Lipinski definition) is 4. The Bertz CT molecular complexity index is 254. The molecule has 0 aromatic carbocycles. The first-order chi connectivity index (χ1) is 6.52. The monoisotopic (exact) mass is 325 g/mol. The third kappa shape index (κ3) is 6.97. The molecule has 80 valence electrons. The summed E-state index contributed by atoms with van der Waals surface area (Å²) in [6.07, 6.45) is 1.43. The standard InChI is InChI=1S/C6H6NO3.CHO2.V.Y/c1-2-10-7-5(8)3-4-6(7)9;2-1-3;;/h3H,4H2,1H3;(H,2,3);;/q2*-1;;. The van der Waals surface area contributed by atoms with Crippen LogP contribution < -0.4 is 0 Å². The van der Waals surface area contributed by atoms with Gasteiger partial charge in [-0.3, -0.25) is 0 Å². The summed E-state index contributed by atoms with van der Waals surface area (Å²) in [5, 5.41) is 7.52. The molecule has 1 fully saturated rings. The summed E-state index contributed by atoms with van der Waals surface area (Å²) in [5.74, 6) is -0.708. The number of hydrogen-bond donors (Lipinski definition) is 1. The van der Waals surface area contributed by atoms with Crippen molar-refractivity contribution in [2.24, 2.45) is 0 Å². The molecular formula is C7H7NO5VY-2. The van der Waals surface area contributed by atoms with Gasteiger partial charge in [0, 0.05) is 32.7 Å². The topological polar surface area (TPSA) is 83.9 Å². The fraction of sp³-hybridized carbons (Fsp3) is 0.286. The molecule has 0 saturated carbocycles. The zero-order valence-corrected chi connectivity index (χ0v) is 12.1. The van der Waals surface area contributed by atoms with Crippen LogP contribution in [0.4, 0.5) is 0 Å². The van der Waals surface area contributed by atoms with Crippen LogP contribution in [0.3, 0.4) is 0 Å². The minimum absolute atomic E-state index is 0. The summed E-state index contributed by atoms with van der Waals surface area (Å²) < 4.78 is 0.509. The van der Waals surface area contributed by atoms with Crippen LogP contribution in [0.2, 0.25) is 0 Å². The van der Waals surface area contributed by atoms with Crippen LogP contribution in [0, 0.1) is 6.42 Å². The van der Waals surface area contributed by atoms with Gasteiger partial charge in [-0.15, -0.1) is 0 Å². The van der Waals surface area contributed by atoms with Gasteiger partial charge in [-0.25, -0.2) is 0 Å². The number of carbonyl (C=O) groups excluding carboxylic acids is 2. The molecule has 1 rings (SSSR count). The molecule has 0 bridgehead atoms. The van der Waals surface area contributed by atoms with E-state index in [1.165, 1.54) is 6.42 Å². The number of imide groups is 1. The van der Waals surface area contributed by atoms with Crippen molar-refractivity contribution in [3.05, 3.63) is 6.42 Å². The Kier molecular flexibility index (Phi) is 10.7. The Morgan fingerprint density at radius 2 is 2.13 bits per heavy atom. The Morgan fingerprint density at radius 3 is 2.40 bits per heavy atom. The molecule has 1 N–H and O–H groups in total. The Morgan fingerprint density at radius 1 is 1.67 bits per heavy atom. The van der Waals surface area contributed by atoms with Crippen molar-refractivity contribution >= 4 is 22.7 Å². The fourth-order valence-corrected chi connectivity index (χ4v) is 0.819. The zero-order chi connectivity index (χ0) is 11.1. The van der Waals surface area contributed by atoms with Crippen molar-refractivity contribution in [1.82, 2.24) is 5.06 Å². The number of nitrogens with zero attached hydrogens (tertiary/aromatic N) is 1. The van der Waals surface area contributed by atoms with Gasteiger partial charge >= 0.3 is 72.5 Å². The number of aliphatic hydroxyl groups excluding tert-OH is 1. The summed E-state index contributed by atoms with van der Waals surface area (Å²) >= 11 is 2.11. The van der Waals surface area contributed by atoms with Crippen LogP contribution in [-0.2, 0) is 68.9 Å². The number of amides is 2. The van der Waals surface area contributed by atoms with Gasteiger partial charge in [0.1, 0.15) is 0 Å². The van der Waals surface area contributed by atoms with E-state index < -0.39 is 0 Å². The van der Waals surface area contributed by atoms with Gasteiger partial charge in [-0.05, 0) is 0 Å². The van der Waals surface area contributed by atoms with E-state index >= 15 is 0 Å². The van der Waals surface area contributed by atoms with Crippen LogP contribution in [0.25, 0.3) is 0 Å². The maximum Gasteiger partial charge on any atom is 0 e. The van der Waals surface area contributed by atoms with Gasteiger partial charge in [-0.1, -0.05) is 6.47 Å². The van der Waals surface area contributed by atoms with E-state index in [-0.39, 0.29) is 50.9 Å². The van der Waals surface area contributed by atoms with E-state index in [1.807, 2.05) is 0 Å². The average Bonchev–Trinajstić information content (AvgIpc) is 2.37. The normalized spacial score (nSPS) is 13.2. The molecule has 2 amide bonds. The van der Waals surface area contributed by atoms with Crippen molar-refractivity contribution in [1.29, 1.82) is 0 Å². The predicted octanol–water partition coefficient (Wildman–Crippen LogP) is -0.813. The molecule has 1 heterocycles. The summed E-state index contributed by atoms with van der Waals surface area (Å²) in [7, 11) is 0. The Hall–Kier alpha value is -0.00169. The van der Waals surface area contributed by atoms with Gasteiger partial charge in [0.15, 0.2) is 0 Å². The van der Waals surface area contributed by atoms with Crippen LogP contribution in [-0.4, -0.2) is 32.9 Å². The maximum absolute atomic E-state index is 10.8. The molecule has 15 heavy (non-hydrogen) atoms. The SMILES string of the molecule is C[C](=[V])ON1C(=O)[CH-]CC1=O.O=[C-]O.[Y]. The van der Waals surface area contributed by atoms with Crippen LogP contribution >= 0.6 is 0 Å². The van der Waals surface area contributed by atoms with Crippen LogP contribution in [0.5, 0.6) is 0 Å². The molecule has 0 aliphatic carbocycles. The smallest absolute Gasteiger partial charge is 0 e. The molecule has 0 atom stereocenters. The second-order valence-corrected chi connectivity index (χ2v) is 3.12. The van der Waals surface area contributed by atoms with Crippen molar-refractivity contribution in [2.75, 3.05) is 0 Å². The van der Waals surface area contributed by atoms with Crippen molar-refractivity contribution < 1.29 is 74.0 Å². The fourth-order valence-electron chi connectivity index (χ4n) is 0.691. The van der Waals surface area contributed by atoms with Gasteiger partial charge in [0.05, 0.1) is 0 Å². The average molecular weight is 325 g/mol. The molecular weight excluding hydrogens is 318 g/mol. The van der Waals surface area contributed by atoms with E-state index in [4.69, 9.17) is 14.7 Å². The van der Waals surface area contributed by atoms with E-state index in [1.54, 1.807) is 6.92 Å². The molecule has 1 aliphatic heterocycles. The molecule has 8 heteroatoms. The third-order valence-electron chi connectivity index (χ3n) is 1.10. The van der Waals surface area contributed by atoms with Gasteiger partial charge in [0.2, 0.25) is 0 Å². The molecule has 6 nitrogen and oxygen atoms in total. The van der Waals surface area contributed by atoms with E-state index in [0.29, 0.717) is 10.9 Å². The largest absolute Gasteiger partial charge is 0.665 e. The number of carbonyl (C=O) groups is 2. The predicted molar refractivity (Wildman–Crippen MR) is 40.9 cm³/mol. The summed E-state index contributed by atoms with van der Waals surface area (Å²) in [6.45, 7) is 2.15. The molecule has 0 aromatic rings. The first-order valence-electron chi connectivity index (χ1n) is 3.44. The second kappa shape index (κ2) is 9.24. The minimum atomic E-state index is -0.389. The van der Waals surface area contributed by atoms with Gasteiger partial charge in [-0.2, -0.15) is 0 Å². The number of rotatable bonds is 2. The number of hydroxylamine groups is 2. The van der Waals surface area contributed by atoms with Crippen LogP contribution in [0.15, 0.2) is 0 Å². The first kappa shape index (κ1) is 17.4. The minimum Gasteiger partial charge on any atom is -0.665 e. The molecule has 1 saturated heterocycles.